The number of anilines is 2. The van der Waals surface area contributed by atoms with E-state index in [0.29, 0.717) is 22.2 Å². The summed E-state index contributed by atoms with van der Waals surface area (Å²) in [5.74, 6) is -0.0650. The summed E-state index contributed by atoms with van der Waals surface area (Å²) >= 11 is 2.85. The van der Waals surface area contributed by atoms with Gasteiger partial charge >= 0.3 is 5.97 Å². The number of esters is 1. The van der Waals surface area contributed by atoms with Crippen LogP contribution in [0.1, 0.15) is 46.6 Å². The molecule has 1 aliphatic carbocycles. The van der Waals surface area contributed by atoms with Crippen LogP contribution in [0, 0.1) is 5.92 Å². The van der Waals surface area contributed by atoms with Crippen LogP contribution in [-0.4, -0.2) is 30.1 Å². The van der Waals surface area contributed by atoms with Crippen LogP contribution in [0.5, 0.6) is 0 Å². The van der Waals surface area contributed by atoms with Gasteiger partial charge in [0, 0.05) is 21.5 Å². The molecule has 0 bridgehead atoms. The summed E-state index contributed by atoms with van der Waals surface area (Å²) in [5, 5.41) is 6.38. The first-order chi connectivity index (χ1) is 17.9. The highest BCUT2D eigenvalue weighted by atomic mass is 32.2. The molecule has 0 radical (unpaired) electrons. The van der Waals surface area contributed by atoms with Crippen LogP contribution in [0.15, 0.2) is 65.6 Å². The second kappa shape index (κ2) is 12.7. The molecule has 0 saturated carbocycles. The molecule has 192 valence electrons. The van der Waals surface area contributed by atoms with Crippen molar-refractivity contribution in [2.75, 3.05) is 23.0 Å². The van der Waals surface area contributed by atoms with Gasteiger partial charge in [-0.2, -0.15) is 0 Å². The van der Waals surface area contributed by atoms with E-state index in [4.69, 9.17) is 4.74 Å². The molecule has 0 aliphatic heterocycles. The number of amides is 2. The maximum atomic E-state index is 12.8. The average Bonchev–Trinajstić information content (AvgIpc) is 3.24. The lowest BCUT2D eigenvalue weighted by molar-refractivity contribution is -0.114. The van der Waals surface area contributed by atoms with Crippen LogP contribution >= 0.6 is 23.1 Å². The number of thioether (sulfide) groups is 1. The second-order valence-electron chi connectivity index (χ2n) is 8.87. The van der Waals surface area contributed by atoms with Crippen LogP contribution in [0.2, 0.25) is 0 Å². The fraction of sp³-hybridized carbons (Fsp3) is 0.276. The maximum absolute atomic E-state index is 12.8. The number of carbonyl (C=O) groups excluding carboxylic acids is 3. The molecule has 6 nitrogen and oxygen atoms in total. The van der Waals surface area contributed by atoms with E-state index in [1.54, 1.807) is 19.1 Å². The molecule has 1 atom stereocenters. The van der Waals surface area contributed by atoms with Gasteiger partial charge in [0.25, 0.3) is 0 Å². The fourth-order valence-corrected chi connectivity index (χ4v) is 6.32. The molecule has 4 rings (SSSR count). The minimum Gasteiger partial charge on any atom is -0.462 e. The molecule has 37 heavy (non-hydrogen) atoms. The number of fused-ring (bicyclic) bond motifs is 1. The van der Waals surface area contributed by atoms with Gasteiger partial charge in [0.1, 0.15) is 5.00 Å². The Morgan fingerprint density at radius 3 is 2.70 bits per heavy atom. The minimum atomic E-state index is -0.373. The van der Waals surface area contributed by atoms with Crippen LogP contribution < -0.4 is 10.6 Å². The van der Waals surface area contributed by atoms with E-state index in [2.05, 4.69) is 17.6 Å². The Labute approximate surface area is 225 Å². The number of rotatable bonds is 9. The monoisotopic (exact) mass is 534 g/mol. The Morgan fingerprint density at radius 1 is 1.11 bits per heavy atom. The van der Waals surface area contributed by atoms with Crippen molar-refractivity contribution in [1.82, 2.24) is 0 Å². The van der Waals surface area contributed by atoms with E-state index in [1.165, 1.54) is 29.2 Å². The number of ether oxygens (including phenoxy) is 1. The largest absolute Gasteiger partial charge is 0.462 e. The Bertz CT molecular complexity index is 1300. The minimum absolute atomic E-state index is 0.173. The lowest BCUT2D eigenvalue weighted by atomic mass is 9.88. The van der Waals surface area contributed by atoms with Gasteiger partial charge in [0.05, 0.1) is 17.9 Å². The molecule has 1 heterocycles. The Kier molecular flexibility index (Phi) is 9.19. The van der Waals surface area contributed by atoms with E-state index in [1.807, 2.05) is 48.5 Å². The zero-order chi connectivity index (χ0) is 26.2. The van der Waals surface area contributed by atoms with Crippen molar-refractivity contribution >= 4 is 57.6 Å². The summed E-state index contributed by atoms with van der Waals surface area (Å²) in [4.78, 5) is 39.8. The van der Waals surface area contributed by atoms with E-state index in [9.17, 15) is 14.4 Å². The molecule has 2 amide bonds. The highest BCUT2D eigenvalue weighted by Crippen LogP contribution is 2.40. The molecule has 2 N–H and O–H groups in total. The standard InChI is InChI=1S/C29H30N2O4S2/c1-3-35-29(34)27-23-14-12-19(2)16-24(23)37-28(27)31-26(33)18-36-22-11-7-10-21(17-22)30-25(32)15-13-20-8-5-4-6-9-20/h4-11,13,15,17,19H,3,12,14,16,18H2,1-2H3,(H,30,32)(H,31,33)/b15-13+. The molecule has 1 aromatic heterocycles. The highest BCUT2D eigenvalue weighted by molar-refractivity contribution is 8.00. The Balaban J connectivity index is 1.36. The quantitative estimate of drug-likeness (QED) is 0.188. The molecule has 1 unspecified atom stereocenters. The highest BCUT2D eigenvalue weighted by Gasteiger charge is 2.29. The van der Waals surface area contributed by atoms with Gasteiger partial charge in [-0.25, -0.2) is 4.79 Å². The zero-order valence-electron chi connectivity index (χ0n) is 20.9. The number of hydrogen-bond donors (Lipinski definition) is 2. The topological polar surface area (TPSA) is 84.5 Å². The van der Waals surface area contributed by atoms with Gasteiger partial charge in [-0.15, -0.1) is 23.1 Å². The second-order valence-corrected chi connectivity index (χ2v) is 11.0. The summed E-state index contributed by atoms with van der Waals surface area (Å²) in [5.41, 5.74) is 3.13. The molecule has 0 spiro atoms. The molecular weight excluding hydrogens is 504 g/mol. The number of benzene rings is 2. The number of hydrogen-bond acceptors (Lipinski definition) is 6. The van der Waals surface area contributed by atoms with E-state index in [-0.39, 0.29) is 30.1 Å². The smallest absolute Gasteiger partial charge is 0.341 e. The zero-order valence-corrected chi connectivity index (χ0v) is 22.5. The van der Waals surface area contributed by atoms with Gasteiger partial charge in [-0.1, -0.05) is 43.3 Å². The summed E-state index contributed by atoms with van der Waals surface area (Å²) in [6.45, 7) is 4.28. The summed E-state index contributed by atoms with van der Waals surface area (Å²) in [6.07, 6.45) is 6.01. The third kappa shape index (κ3) is 7.33. The number of carbonyl (C=O) groups is 3. The van der Waals surface area contributed by atoms with E-state index < -0.39 is 0 Å². The van der Waals surface area contributed by atoms with Crippen LogP contribution in [-0.2, 0) is 27.2 Å². The molecule has 0 saturated heterocycles. The summed E-state index contributed by atoms with van der Waals surface area (Å²) in [7, 11) is 0. The van der Waals surface area contributed by atoms with Crippen LogP contribution in [0.3, 0.4) is 0 Å². The lowest BCUT2D eigenvalue weighted by Gasteiger charge is -2.18. The summed E-state index contributed by atoms with van der Waals surface area (Å²) < 4.78 is 5.29. The number of thiophene rings is 1. The van der Waals surface area contributed by atoms with Crippen molar-refractivity contribution in [2.45, 2.75) is 38.0 Å². The normalized spacial score (nSPS) is 14.7. The van der Waals surface area contributed by atoms with Crippen molar-refractivity contribution in [2.24, 2.45) is 5.92 Å². The van der Waals surface area contributed by atoms with Gasteiger partial charge in [0.2, 0.25) is 11.8 Å². The maximum Gasteiger partial charge on any atom is 0.341 e. The van der Waals surface area contributed by atoms with Crippen molar-refractivity contribution in [1.29, 1.82) is 0 Å². The molecule has 2 aromatic carbocycles. The first-order valence-electron chi connectivity index (χ1n) is 12.3. The van der Waals surface area contributed by atoms with Crippen molar-refractivity contribution < 1.29 is 19.1 Å². The first-order valence-corrected chi connectivity index (χ1v) is 14.1. The van der Waals surface area contributed by atoms with E-state index in [0.717, 1.165) is 40.2 Å². The van der Waals surface area contributed by atoms with Crippen molar-refractivity contribution in [3.8, 4) is 0 Å². The Hall–Kier alpha value is -3.36. The van der Waals surface area contributed by atoms with E-state index >= 15 is 0 Å². The van der Waals surface area contributed by atoms with Crippen LogP contribution in [0.4, 0.5) is 10.7 Å². The van der Waals surface area contributed by atoms with Crippen molar-refractivity contribution in [3.63, 3.8) is 0 Å². The third-order valence-corrected chi connectivity index (χ3v) is 8.11. The van der Waals surface area contributed by atoms with Gasteiger partial charge in [-0.05, 0) is 67.5 Å². The predicted molar refractivity (Wildman–Crippen MR) is 151 cm³/mol. The van der Waals surface area contributed by atoms with Crippen LogP contribution in [0.25, 0.3) is 6.08 Å². The molecule has 3 aromatic rings. The van der Waals surface area contributed by atoms with Gasteiger partial charge in [-0.3, -0.25) is 9.59 Å². The molecular formula is C29H30N2O4S2. The van der Waals surface area contributed by atoms with Crippen molar-refractivity contribution in [3.05, 3.63) is 82.2 Å². The number of nitrogens with one attached hydrogen (secondary N) is 2. The predicted octanol–water partition coefficient (Wildman–Crippen LogP) is 6.43. The third-order valence-electron chi connectivity index (χ3n) is 5.94. The Morgan fingerprint density at radius 2 is 1.92 bits per heavy atom. The lowest BCUT2D eigenvalue weighted by Crippen LogP contribution is -2.17. The summed E-state index contributed by atoms with van der Waals surface area (Å²) in [6, 6.07) is 17.0. The fourth-order valence-electron chi connectivity index (χ4n) is 4.15. The molecule has 1 aliphatic rings. The van der Waals surface area contributed by atoms with Gasteiger partial charge < -0.3 is 15.4 Å². The van der Waals surface area contributed by atoms with Gasteiger partial charge in [0.15, 0.2) is 0 Å². The average molecular weight is 535 g/mol. The first kappa shape index (κ1) is 26.7. The molecule has 8 heteroatoms. The SMILES string of the molecule is CCOC(=O)c1c(NC(=O)CSc2cccc(NC(=O)/C=C/c3ccccc3)c2)sc2c1CCC(C)C2. The molecule has 0 fully saturated rings.